The van der Waals surface area contributed by atoms with Gasteiger partial charge in [0.15, 0.2) is 0 Å². The molecule has 1 aliphatic heterocycles. The predicted molar refractivity (Wildman–Crippen MR) is 90.3 cm³/mol. The van der Waals surface area contributed by atoms with Crippen molar-refractivity contribution in [2.75, 3.05) is 18.4 Å². The van der Waals surface area contributed by atoms with Gasteiger partial charge in [-0.25, -0.2) is 4.79 Å². The van der Waals surface area contributed by atoms with Gasteiger partial charge >= 0.3 is 18.2 Å². The number of hydrogen-bond donors (Lipinski definition) is 3. The van der Waals surface area contributed by atoms with Crippen LogP contribution in [0.25, 0.3) is 0 Å². The molecule has 1 fully saturated rings. The topological polar surface area (TPSA) is 98.7 Å². The van der Waals surface area contributed by atoms with E-state index in [-0.39, 0.29) is 11.6 Å². The van der Waals surface area contributed by atoms with Crippen molar-refractivity contribution in [3.8, 4) is 0 Å². The summed E-state index contributed by atoms with van der Waals surface area (Å²) in [6.07, 6.45) is -4.70. The molecule has 2 atom stereocenters. The minimum atomic E-state index is -4.70. The lowest BCUT2D eigenvalue weighted by molar-refractivity contribution is -0.187. The van der Waals surface area contributed by atoms with Gasteiger partial charge in [0.1, 0.15) is 0 Å². The molecule has 0 bridgehead atoms. The quantitative estimate of drug-likeness (QED) is 0.739. The summed E-state index contributed by atoms with van der Waals surface area (Å²) in [5.74, 6) is -6.05. The van der Waals surface area contributed by atoms with Crippen LogP contribution in [-0.2, 0) is 4.79 Å². The number of aliphatic carboxylic acids is 1. The van der Waals surface area contributed by atoms with Gasteiger partial charge in [-0.05, 0) is 38.1 Å². The molecule has 1 aromatic carbocycles. The summed E-state index contributed by atoms with van der Waals surface area (Å²) in [7, 11) is 0. The number of carboxylic acid groups (broad SMARTS) is 1. The van der Waals surface area contributed by atoms with Crippen molar-refractivity contribution in [3.05, 3.63) is 29.8 Å². The largest absolute Gasteiger partial charge is 0.481 e. The zero-order valence-corrected chi connectivity index (χ0v) is 14.7. The van der Waals surface area contributed by atoms with E-state index in [1.807, 2.05) is 0 Å². The zero-order valence-electron chi connectivity index (χ0n) is 14.7. The molecule has 0 unspecified atom stereocenters. The number of halogens is 3. The van der Waals surface area contributed by atoms with E-state index in [2.05, 4.69) is 10.6 Å². The van der Waals surface area contributed by atoms with E-state index in [9.17, 15) is 27.6 Å². The Hall–Kier alpha value is -2.78. The number of carbonyl (C=O) groups excluding carboxylic acids is 2. The number of likely N-dealkylation sites (tertiary alicyclic amines) is 1. The van der Waals surface area contributed by atoms with Crippen LogP contribution in [0.3, 0.4) is 0 Å². The van der Waals surface area contributed by atoms with Gasteiger partial charge in [-0.3, -0.25) is 9.59 Å². The van der Waals surface area contributed by atoms with Crippen LogP contribution in [0.1, 0.15) is 24.2 Å². The van der Waals surface area contributed by atoms with Crippen LogP contribution in [0, 0.1) is 11.8 Å². The molecule has 27 heavy (non-hydrogen) atoms. The highest BCUT2D eigenvalue weighted by Gasteiger charge is 2.53. The number of nitrogens with one attached hydrogen (secondary N) is 2. The molecule has 10 heteroatoms. The first-order valence-corrected chi connectivity index (χ1v) is 8.25. The molecule has 1 heterocycles. The summed E-state index contributed by atoms with van der Waals surface area (Å²) in [6, 6.07) is 5.12. The number of amides is 3. The van der Waals surface area contributed by atoms with E-state index < -0.39 is 49.0 Å². The fourth-order valence-corrected chi connectivity index (χ4v) is 2.86. The van der Waals surface area contributed by atoms with Gasteiger partial charge in [-0.1, -0.05) is 0 Å². The Morgan fingerprint density at radius 2 is 1.74 bits per heavy atom. The lowest BCUT2D eigenvalue weighted by atomic mass is 9.96. The number of nitrogens with zero attached hydrogens (tertiary/aromatic N) is 1. The van der Waals surface area contributed by atoms with Gasteiger partial charge in [0, 0.05) is 30.4 Å². The number of carboxylic acids is 1. The summed E-state index contributed by atoms with van der Waals surface area (Å²) >= 11 is 0. The third-order valence-electron chi connectivity index (χ3n) is 4.15. The predicted octanol–water partition coefficient (Wildman–Crippen LogP) is 2.55. The van der Waals surface area contributed by atoms with E-state index >= 15 is 0 Å². The van der Waals surface area contributed by atoms with Crippen LogP contribution in [0.2, 0.25) is 0 Å². The molecule has 1 aromatic rings. The van der Waals surface area contributed by atoms with Gasteiger partial charge in [-0.15, -0.1) is 0 Å². The summed E-state index contributed by atoms with van der Waals surface area (Å²) < 4.78 is 39.1. The Bertz CT molecular complexity index is 719. The van der Waals surface area contributed by atoms with E-state index in [4.69, 9.17) is 5.11 Å². The molecule has 148 valence electrons. The number of rotatable bonds is 4. The molecular formula is C17H20F3N3O4. The fraction of sp³-hybridized carbons (Fsp3) is 0.471. The van der Waals surface area contributed by atoms with Gasteiger partial charge in [-0.2, -0.15) is 13.2 Å². The Balaban J connectivity index is 2.07. The number of alkyl halides is 3. The van der Waals surface area contributed by atoms with Crippen LogP contribution in [0.5, 0.6) is 0 Å². The van der Waals surface area contributed by atoms with Crippen molar-refractivity contribution in [2.24, 2.45) is 11.8 Å². The first-order chi connectivity index (χ1) is 12.5. The summed E-state index contributed by atoms with van der Waals surface area (Å²) in [4.78, 5) is 36.1. The maximum absolute atomic E-state index is 13.0. The Kier molecular flexibility index (Phi) is 5.97. The van der Waals surface area contributed by atoms with Crippen molar-refractivity contribution >= 4 is 23.6 Å². The second-order valence-corrected chi connectivity index (χ2v) is 6.63. The lowest BCUT2D eigenvalue weighted by Crippen LogP contribution is -2.34. The minimum absolute atomic E-state index is 0.0650. The minimum Gasteiger partial charge on any atom is -0.481 e. The van der Waals surface area contributed by atoms with Crippen LogP contribution in [0.15, 0.2) is 24.3 Å². The summed E-state index contributed by atoms with van der Waals surface area (Å²) in [6.45, 7) is 2.37. The first-order valence-electron chi connectivity index (χ1n) is 8.25. The van der Waals surface area contributed by atoms with Gasteiger partial charge in [0.05, 0.1) is 11.8 Å². The van der Waals surface area contributed by atoms with Crippen LogP contribution >= 0.6 is 0 Å². The molecular weight excluding hydrogens is 367 g/mol. The summed E-state index contributed by atoms with van der Waals surface area (Å²) in [5, 5.41) is 14.2. The highest BCUT2D eigenvalue weighted by atomic mass is 19.4. The SMILES string of the molecule is CC(C)NC(=O)Nc1ccc(C(=O)N2C[C@@H](C(F)(F)F)[C@H](C(=O)O)C2)cc1. The normalized spacial score (nSPS) is 19.9. The second-order valence-electron chi connectivity index (χ2n) is 6.63. The van der Waals surface area contributed by atoms with Crippen molar-refractivity contribution in [1.82, 2.24) is 10.2 Å². The van der Waals surface area contributed by atoms with E-state index in [1.165, 1.54) is 24.3 Å². The number of urea groups is 1. The molecule has 7 nitrogen and oxygen atoms in total. The molecule has 0 spiro atoms. The maximum Gasteiger partial charge on any atom is 0.394 e. The second kappa shape index (κ2) is 7.85. The van der Waals surface area contributed by atoms with E-state index in [0.29, 0.717) is 5.69 Å². The molecule has 3 N–H and O–H groups in total. The fourth-order valence-electron chi connectivity index (χ4n) is 2.86. The molecule has 0 radical (unpaired) electrons. The molecule has 1 aliphatic rings. The average molecular weight is 387 g/mol. The van der Waals surface area contributed by atoms with Crippen molar-refractivity contribution in [3.63, 3.8) is 0 Å². The molecule has 2 rings (SSSR count). The third kappa shape index (κ3) is 5.11. The average Bonchev–Trinajstić information content (AvgIpc) is 3.00. The van der Waals surface area contributed by atoms with Gasteiger partial charge < -0.3 is 20.6 Å². The van der Waals surface area contributed by atoms with Crippen molar-refractivity contribution < 1.29 is 32.7 Å². The monoisotopic (exact) mass is 387 g/mol. The van der Waals surface area contributed by atoms with E-state index in [1.54, 1.807) is 13.8 Å². The van der Waals surface area contributed by atoms with Crippen LogP contribution < -0.4 is 10.6 Å². The van der Waals surface area contributed by atoms with Gasteiger partial charge in [0.25, 0.3) is 5.91 Å². The zero-order chi connectivity index (χ0) is 20.4. The molecule has 3 amide bonds. The highest BCUT2D eigenvalue weighted by molar-refractivity contribution is 5.96. The number of anilines is 1. The summed E-state index contributed by atoms with van der Waals surface area (Å²) in [5.41, 5.74) is 0.513. The number of benzene rings is 1. The van der Waals surface area contributed by atoms with Crippen molar-refractivity contribution in [1.29, 1.82) is 0 Å². The molecule has 0 aromatic heterocycles. The maximum atomic E-state index is 13.0. The smallest absolute Gasteiger partial charge is 0.394 e. The van der Waals surface area contributed by atoms with E-state index in [0.717, 1.165) is 4.90 Å². The number of carbonyl (C=O) groups is 3. The number of hydrogen-bond acceptors (Lipinski definition) is 3. The lowest BCUT2D eigenvalue weighted by Gasteiger charge is -2.18. The molecule has 0 saturated carbocycles. The third-order valence-corrected chi connectivity index (χ3v) is 4.15. The van der Waals surface area contributed by atoms with Gasteiger partial charge in [0.2, 0.25) is 0 Å². The Labute approximate surface area is 153 Å². The molecule has 1 saturated heterocycles. The van der Waals surface area contributed by atoms with Crippen LogP contribution in [-0.4, -0.2) is 53.2 Å². The Morgan fingerprint density at radius 1 is 1.15 bits per heavy atom. The molecule has 0 aliphatic carbocycles. The van der Waals surface area contributed by atoms with Crippen molar-refractivity contribution in [2.45, 2.75) is 26.1 Å². The first kappa shape index (κ1) is 20.5. The standard InChI is InChI=1S/C17H20F3N3O4/c1-9(2)21-16(27)22-11-5-3-10(4-6-11)14(24)23-7-12(15(25)26)13(8-23)17(18,19)20/h3-6,9,12-13H,7-8H2,1-2H3,(H,25,26)(H2,21,22,27)/t12-,13-/m1/s1. The Morgan fingerprint density at radius 3 is 2.19 bits per heavy atom. The highest BCUT2D eigenvalue weighted by Crippen LogP contribution is 2.38. The van der Waals surface area contributed by atoms with Crippen LogP contribution in [0.4, 0.5) is 23.7 Å².